The van der Waals surface area contributed by atoms with E-state index in [1.165, 1.54) is 45.2 Å². The maximum absolute atomic E-state index is 12.3. The van der Waals surface area contributed by atoms with Crippen LogP contribution in [0.4, 0.5) is 0 Å². The number of ketones is 1. The van der Waals surface area contributed by atoms with Gasteiger partial charge in [-0.05, 0) is 38.0 Å². The summed E-state index contributed by atoms with van der Waals surface area (Å²) in [5, 5.41) is 0. The molecule has 1 saturated carbocycles. The Morgan fingerprint density at radius 3 is 2.56 bits per heavy atom. The van der Waals surface area contributed by atoms with Crippen LogP contribution in [0.2, 0.25) is 0 Å². The van der Waals surface area contributed by atoms with Crippen molar-refractivity contribution < 1.29 is 9.69 Å². The van der Waals surface area contributed by atoms with Crippen LogP contribution in [0.15, 0.2) is 0 Å². The second kappa shape index (κ2) is 6.70. The van der Waals surface area contributed by atoms with Crippen LogP contribution >= 0.6 is 0 Å². The van der Waals surface area contributed by atoms with E-state index < -0.39 is 0 Å². The quantitative estimate of drug-likeness (QED) is 0.813. The van der Waals surface area contributed by atoms with Gasteiger partial charge in [-0.25, -0.2) is 0 Å². The molecule has 18 heavy (non-hydrogen) atoms. The first-order valence-electron chi connectivity index (χ1n) is 8.05. The number of hydrogen-bond acceptors (Lipinski definition) is 1. The van der Waals surface area contributed by atoms with Crippen LogP contribution in [0.25, 0.3) is 0 Å². The Labute approximate surface area is 112 Å². The number of likely N-dealkylation sites (tertiary alicyclic amines) is 1. The Balaban J connectivity index is 1.76. The molecule has 2 heteroatoms. The standard InChI is InChI=1S/C16H29NO/c1-3-14-5-4-10-17(11-14)12-16(18)15-8-6-13(2)7-9-15/h13-15H,3-12H2,1-2H3/p+1. The first-order valence-corrected chi connectivity index (χ1v) is 8.05. The summed E-state index contributed by atoms with van der Waals surface area (Å²) in [6.07, 6.45) is 8.85. The lowest BCUT2D eigenvalue weighted by Crippen LogP contribution is -3.14. The van der Waals surface area contributed by atoms with E-state index in [9.17, 15) is 4.79 Å². The van der Waals surface area contributed by atoms with Crippen molar-refractivity contribution in [1.82, 2.24) is 0 Å². The second-order valence-electron chi connectivity index (χ2n) is 6.72. The number of quaternary nitrogens is 1. The molecule has 2 unspecified atom stereocenters. The van der Waals surface area contributed by atoms with Crippen molar-refractivity contribution in [2.24, 2.45) is 17.8 Å². The lowest BCUT2D eigenvalue weighted by Gasteiger charge is -2.31. The van der Waals surface area contributed by atoms with Crippen molar-refractivity contribution in [2.75, 3.05) is 19.6 Å². The van der Waals surface area contributed by atoms with E-state index in [1.54, 1.807) is 4.90 Å². The molecular weight excluding hydrogens is 222 g/mol. The minimum absolute atomic E-state index is 0.399. The first kappa shape index (κ1) is 14.0. The van der Waals surface area contributed by atoms with Crippen LogP contribution in [-0.2, 0) is 4.79 Å². The molecule has 2 atom stereocenters. The van der Waals surface area contributed by atoms with Gasteiger partial charge in [0, 0.05) is 11.8 Å². The van der Waals surface area contributed by atoms with Gasteiger partial charge < -0.3 is 4.90 Å². The number of carbonyl (C=O) groups is 1. The zero-order chi connectivity index (χ0) is 13.0. The number of rotatable bonds is 4. The average molecular weight is 252 g/mol. The number of hydrogen-bond donors (Lipinski definition) is 1. The Kier molecular flexibility index (Phi) is 5.23. The molecule has 104 valence electrons. The lowest BCUT2D eigenvalue weighted by atomic mass is 9.80. The Morgan fingerprint density at radius 1 is 1.17 bits per heavy atom. The molecule has 2 nitrogen and oxygen atoms in total. The van der Waals surface area contributed by atoms with Crippen molar-refractivity contribution in [3.8, 4) is 0 Å². The van der Waals surface area contributed by atoms with Gasteiger partial charge >= 0.3 is 0 Å². The fraction of sp³-hybridized carbons (Fsp3) is 0.938. The van der Waals surface area contributed by atoms with E-state index in [4.69, 9.17) is 0 Å². The van der Waals surface area contributed by atoms with Crippen molar-refractivity contribution >= 4 is 5.78 Å². The molecule has 2 fully saturated rings. The highest BCUT2D eigenvalue weighted by molar-refractivity contribution is 5.81. The van der Waals surface area contributed by atoms with Crippen LogP contribution in [0, 0.1) is 17.8 Å². The molecule has 0 bridgehead atoms. The van der Waals surface area contributed by atoms with Gasteiger partial charge in [-0.3, -0.25) is 4.79 Å². The summed E-state index contributed by atoms with van der Waals surface area (Å²) in [5.74, 6) is 2.68. The molecular formula is C16H30NO+. The molecule has 0 radical (unpaired) electrons. The molecule has 2 aliphatic rings. The Bertz CT molecular complexity index is 268. The summed E-state index contributed by atoms with van der Waals surface area (Å²) in [6, 6.07) is 0. The summed E-state index contributed by atoms with van der Waals surface area (Å²) < 4.78 is 0. The van der Waals surface area contributed by atoms with Crippen LogP contribution in [0.3, 0.4) is 0 Å². The van der Waals surface area contributed by atoms with E-state index in [2.05, 4.69) is 13.8 Å². The predicted octanol–water partition coefficient (Wildman–Crippen LogP) is 2.09. The molecule has 1 saturated heterocycles. The van der Waals surface area contributed by atoms with E-state index in [-0.39, 0.29) is 0 Å². The smallest absolute Gasteiger partial charge is 0.189 e. The van der Waals surface area contributed by atoms with Gasteiger partial charge in [0.2, 0.25) is 0 Å². The third-order valence-corrected chi connectivity index (χ3v) is 5.19. The Hall–Kier alpha value is -0.370. The monoisotopic (exact) mass is 252 g/mol. The van der Waals surface area contributed by atoms with Crippen molar-refractivity contribution in [2.45, 2.75) is 58.8 Å². The third kappa shape index (κ3) is 3.81. The number of piperidine rings is 1. The average Bonchev–Trinajstić information content (AvgIpc) is 2.39. The second-order valence-corrected chi connectivity index (χ2v) is 6.72. The number of Topliss-reactive ketones (excluding diaryl/α,β-unsaturated/α-hetero) is 1. The highest BCUT2D eigenvalue weighted by Crippen LogP contribution is 2.28. The SMILES string of the molecule is CCC1CCC[NH+](CC(=O)C2CCC(C)CC2)C1. The van der Waals surface area contributed by atoms with Crippen molar-refractivity contribution in [3.63, 3.8) is 0 Å². The van der Waals surface area contributed by atoms with Gasteiger partial charge in [0.1, 0.15) is 6.54 Å². The van der Waals surface area contributed by atoms with Crippen LogP contribution < -0.4 is 4.90 Å². The molecule has 0 aromatic rings. The molecule has 1 heterocycles. The van der Waals surface area contributed by atoms with E-state index in [1.807, 2.05) is 0 Å². The third-order valence-electron chi connectivity index (χ3n) is 5.19. The van der Waals surface area contributed by atoms with Crippen LogP contribution in [0.1, 0.15) is 58.8 Å². The lowest BCUT2D eigenvalue weighted by molar-refractivity contribution is -0.900. The fourth-order valence-corrected chi connectivity index (χ4v) is 3.73. The largest absolute Gasteiger partial charge is 0.329 e. The number of carbonyl (C=O) groups excluding carboxylic acids is 1. The normalized spacial score (nSPS) is 37.4. The topological polar surface area (TPSA) is 21.5 Å². The summed E-state index contributed by atoms with van der Waals surface area (Å²) in [4.78, 5) is 13.9. The summed E-state index contributed by atoms with van der Waals surface area (Å²) in [5.41, 5.74) is 0. The van der Waals surface area contributed by atoms with E-state index in [0.717, 1.165) is 31.2 Å². The number of nitrogens with one attached hydrogen (secondary N) is 1. The predicted molar refractivity (Wildman–Crippen MR) is 74.7 cm³/mol. The minimum atomic E-state index is 0.399. The molecule has 0 spiro atoms. The van der Waals surface area contributed by atoms with Gasteiger partial charge in [0.25, 0.3) is 0 Å². The zero-order valence-corrected chi connectivity index (χ0v) is 12.2. The molecule has 0 aromatic carbocycles. The van der Waals surface area contributed by atoms with Crippen molar-refractivity contribution in [3.05, 3.63) is 0 Å². The molecule has 0 amide bonds. The summed E-state index contributed by atoms with van der Waals surface area (Å²) in [6.45, 7) is 7.90. The van der Waals surface area contributed by atoms with Gasteiger partial charge in [0.05, 0.1) is 13.1 Å². The highest BCUT2D eigenvalue weighted by atomic mass is 16.1. The fourth-order valence-electron chi connectivity index (χ4n) is 3.73. The highest BCUT2D eigenvalue weighted by Gasteiger charge is 2.29. The Morgan fingerprint density at radius 2 is 1.89 bits per heavy atom. The first-order chi connectivity index (χ1) is 8.69. The summed E-state index contributed by atoms with van der Waals surface area (Å²) >= 11 is 0. The summed E-state index contributed by atoms with van der Waals surface area (Å²) in [7, 11) is 0. The van der Waals surface area contributed by atoms with Gasteiger partial charge in [-0.1, -0.05) is 26.7 Å². The van der Waals surface area contributed by atoms with Gasteiger partial charge in [-0.15, -0.1) is 0 Å². The van der Waals surface area contributed by atoms with Crippen molar-refractivity contribution in [1.29, 1.82) is 0 Å². The minimum Gasteiger partial charge on any atom is -0.329 e. The maximum atomic E-state index is 12.3. The van der Waals surface area contributed by atoms with E-state index >= 15 is 0 Å². The maximum Gasteiger partial charge on any atom is 0.189 e. The van der Waals surface area contributed by atoms with E-state index in [0.29, 0.717) is 11.7 Å². The van der Waals surface area contributed by atoms with Crippen LogP contribution in [-0.4, -0.2) is 25.4 Å². The van der Waals surface area contributed by atoms with Gasteiger partial charge in [-0.2, -0.15) is 0 Å². The molecule has 0 aromatic heterocycles. The molecule has 1 N–H and O–H groups in total. The van der Waals surface area contributed by atoms with Crippen LogP contribution in [0.5, 0.6) is 0 Å². The zero-order valence-electron chi connectivity index (χ0n) is 12.2. The van der Waals surface area contributed by atoms with Gasteiger partial charge in [0.15, 0.2) is 5.78 Å². The molecule has 1 aliphatic carbocycles. The molecule has 2 rings (SSSR count). The molecule has 1 aliphatic heterocycles.